The predicted molar refractivity (Wildman–Crippen MR) is 75.7 cm³/mol. The number of nitrogens with one attached hydrogen (secondary N) is 1. The largest absolute Gasteiger partial charge is 0.382 e. The average molecular weight is 317 g/mol. The molecule has 1 aromatic rings. The Kier molecular flexibility index (Phi) is 7.34. The highest BCUT2D eigenvalue weighted by atomic mass is 35.5. The number of methoxy groups -OCH3 is 1. The molecule has 0 saturated heterocycles. The Morgan fingerprint density at radius 1 is 1.35 bits per heavy atom. The lowest BCUT2D eigenvalue weighted by molar-refractivity contribution is -0.126. The van der Waals surface area contributed by atoms with Crippen LogP contribution in [0.5, 0.6) is 0 Å². The van der Waals surface area contributed by atoms with E-state index in [9.17, 15) is 4.79 Å². The number of amides is 1. The molecule has 0 aliphatic heterocycles. The number of carbonyl (C=O) groups excluding carboxylic acids is 1. The third-order valence-corrected chi connectivity index (χ3v) is 2.75. The summed E-state index contributed by atoms with van der Waals surface area (Å²) in [5.74, 6) is -0.399. The van der Waals surface area contributed by atoms with Crippen LogP contribution in [0.25, 0.3) is 0 Å². The van der Waals surface area contributed by atoms with Crippen molar-refractivity contribution >= 4 is 29.1 Å². The van der Waals surface area contributed by atoms with Gasteiger partial charge in [-0.3, -0.25) is 4.79 Å². The minimum absolute atomic E-state index is 0.143. The minimum atomic E-state index is -0.829. The number of nitrogens with zero attached hydrogens (tertiary/aromatic N) is 1. The van der Waals surface area contributed by atoms with Crippen molar-refractivity contribution < 1.29 is 14.3 Å². The van der Waals surface area contributed by atoms with E-state index in [2.05, 4.69) is 5.32 Å². The summed E-state index contributed by atoms with van der Waals surface area (Å²) in [6.07, 6.45) is 0. The molecule has 0 aromatic heterocycles. The molecule has 0 spiro atoms. The molecule has 1 aromatic carbocycles. The molecule has 0 aliphatic carbocycles. The lowest BCUT2D eigenvalue weighted by Gasteiger charge is -2.13. The van der Waals surface area contributed by atoms with E-state index >= 15 is 0 Å². The van der Waals surface area contributed by atoms with Crippen molar-refractivity contribution in [3.8, 4) is 6.07 Å². The first-order chi connectivity index (χ1) is 9.56. The van der Waals surface area contributed by atoms with Crippen molar-refractivity contribution in [3.63, 3.8) is 0 Å². The number of hydrogen-bond acceptors (Lipinski definition) is 4. The zero-order valence-electron chi connectivity index (χ0n) is 10.9. The van der Waals surface area contributed by atoms with Crippen LogP contribution in [0.4, 0.5) is 0 Å². The summed E-state index contributed by atoms with van der Waals surface area (Å²) in [4.78, 5) is 11.6. The molecule has 7 heteroatoms. The fraction of sp³-hybridized carbons (Fsp3) is 0.385. The van der Waals surface area contributed by atoms with Gasteiger partial charge in [-0.2, -0.15) is 5.26 Å². The number of hydrogen-bond donors (Lipinski definition) is 1. The highest BCUT2D eigenvalue weighted by Gasteiger charge is 2.15. The van der Waals surface area contributed by atoms with Crippen LogP contribution in [-0.2, 0) is 14.3 Å². The lowest BCUT2D eigenvalue weighted by atomic mass is 10.1. The molecule has 1 amide bonds. The molecule has 0 saturated carbocycles. The van der Waals surface area contributed by atoms with Crippen LogP contribution in [0.3, 0.4) is 0 Å². The Balaban J connectivity index is 2.59. The first kappa shape index (κ1) is 16.7. The van der Waals surface area contributed by atoms with Gasteiger partial charge in [-0.1, -0.05) is 23.2 Å². The molecule has 1 N–H and O–H groups in total. The van der Waals surface area contributed by atoms with E-state index in [0.29, 0.717) is 28.8 Å². The molecule has 0 bridgehead atoms. The molecule has 0 heterocycles. The van der Waals surface area contributed by atoms with Gasteiger partial charge in [0, 0.05) is 17.2 Å². The quantitative estimate of drug-likeness (QED) is 0.784. The fourth-order valence-electron chi connectivity index (χ4n) is 1.44. The van der Waals surface area contributed by atoms with E-state index in [1.807, 2.05) is 6.07 Å². The summed E-state index contributed by atoms with van der Waals surface area (Å²) in [6, 6.07) is 5.85. The molecule has 0 radical (unpaired) electrons. The van der Waals surface area contributed by atoms with Gasteiger partial charge in [0.25, 0.3) is 0 Å². The van der Waals surface area contributed by atoms with E-state index in [-0.39, 0.29) is 6.61 Å². The van der Waals surface area contributed by atoms with Crippen molar-refractivity contribution in [1.29, 1.82) is 5.26 Å². The van der Waals surface area contributed by atoms with Gasteiger partial charge in [-0.25, -0.2) is 0 Å². The summed E-state index contributed by atoms with van der Waals surface area (Å²) in [5, 5.41) is 12.4. The Morgan fingerprint density at radius 2 is 2.00 bits per heavy atom. The Morgan fingerprint density at radius 3 is 2.55 bits per heavy atom. The van der Waals surface area contributed by atoms with E-state index < -0.39 is 11.9 Å². The summed E-state index contributed by atoms with van der Waals surface area (Å²) in [5.41, 5.74) is 0.523. The molecular formula is C13H14Cl2N2O3. The molecular weight excluding hydrogens is 303 g/mol. The second kappa shape index (κ2) is 8.77. The van der Waals surface area contributed by atoms with Crippen molar-refractivity contribution in [1.82, 2.24) is 5.32 Å². The van der Waals surface area contributed by atoms with Crippen molar-refractivity contribution in [2.75, 3.05) is 26.9 Å². The monoisotopic (exact) mass is 316 g/mol. The van der Waals surface area contributed by atoms with E-state index in [1.54, 1.807) is 18.2 Å². The van der Waals surface area contributed by atoms with E-state index in [0.717, 1.165) is 0 Å². The highest BCUT2D eigenvalue weighted by Crippen LogP contribution is 2.23. The number of carbonyl (C=O) groups is 1. The first-order valence-corrected chi connectivity index (χ1v) is 6.54. The Hall–Kier alpha value is -1.32. The third kappa shape index (κ3) is 5.76. The van der Waals surface area contributed by atoms with Gasteiger partial charge >= 0.3 is 0 Å². The average Bonchev–Trinajstić information content (AvgIpc) is 2.40. The SMILES string of the molecule is COCCOCC(=O)N[C@@H](C#N)c1cc(Cl)cc(Cl)c1. The highest BCUT2D eigenvalue weighted by molar-refractivity contribution is 6.34. The van der Waals surface area contributed by atoms with Crippen molar-refractivity contribution in [2.45, 2.75) is 6.04 Å². The second-order valence-corrected chi connectivity index (χ2v) is 4.75. The van der Waals surface area contributed by atoms with Crippen LogP contribution in [0, 0.1) is 11.3 Å². The van der Waals surface area contributed by atoms with Gasteiger partial charge in [0.2, 0.25) is 5.91 Å². The van der Waals surface area contributed by atoms with Gasteiger partial charge < -0.3 is 14.8 Å². The normalized spacial score (nSPS) is 11.7. The topological polar surface area (TPSA) is 71.3 Å². The minimum Gasteiger partial charge on any atom is -0.382 e. The molecule has 5 nitrogen and oxygen atoms in total. The number of benzene rings is 1. The lowest BCUT2D eigenvalue weighted by Crippen LogP contribution is -2.31. The molecule has 20 heavy (non-hydrogen) atoms. The first-order valence-electron chi connectivity index (χ1n) is 5.78. The zero-order chi connectivity index (χ0) is 15.0. The van der Waals surface area contributed by atoms with Crippen LogP contribution >= 0.6 is 23.2 Å². The smallest absolute Gasteiger partial charge is 0.247 e. The molecule has 108 valence electrons. The van der Waals surface area contributed by atoms with E-state index in [4.69, 9.17) is 37.9 Å². The van der Waals surface area contributed by atoms with Crippen LogP contribution < -0.4 is 5.32 Å². The molecule has 0 fully saturated rings. The van der Waals surface area contributed by atoms with E-state index in [1.165, 1.54) is 7.11 Å². The third-order valence-electron chi connectivity index (χ3n) is 2.32. The number of halogens is 2. The zero-order valence-corrected chi connectivity index (χ0v) is 12.4. The van der Waals surface area contributed by atoms with Gasteiger partial charge in [-0.05, 0) is 23.8 Å². The maximum atomic E-state index is 11.6. The predicted octanol–water partition coefficient (Wildman–Crippen LogP) is 2.34. The number of rotatable bonds is 7. The maximum absolute atomic E-state index is 11.6. The van der Waals surface area contributed by atoms with Crippen molar-refractivity contribution in [2.24, 2.45) is 0 Å². The maximum Gasteiger partial charge on any atom is 0.247 e. The summed E-state index contributed by atoms with van der Waals surface area (Å²) >= 11 is 11.7. The van der Waals surface area contributed by atoms with Gasteiger partial charge in [-0.15, -0.1) is 0 Å². The van der Waals surface area contributed by atoms with Gasteiger partial charge in [0.05, 0.1) is 19.3 Å². The fourth-order valence-corrected chi connectivity index (χ4v) is 1.98. The standard InChI is InChI=1S/C13H14Cl2N2O3/c1-19-2-3-20-8-13(18)17-12(7-16)9-4-10(14)6-11(15)5-9/h4-6,12H,2-3,8H2,1H3,(H,17,18)/t12-/m0/s1. The van der Waals surface area contributed by atoms with Crippen LogP contribution in [-0.4, -0.2) is 32.8 Å². The van der Waals surface area contributed by atoms with Gasteiger partial charge in [0.15, 0.2) is 0 Å². The Labute approximate surface area is 127 Å². The molecule has 0 unspecified atom stereocenters. The van der Waals surface area contributed by atoms with Crippen LogP contribution in [0.2, 0.25) is 10.0 Å². The number of ether oxygens (including phenoxy) is 2. The van der Waals surface area contributed by atoms with Crippen LogP contribution in [0.15, 0.2) is 18.2 Å². The van der Waals surface area contributed by atoms with Gasteiger partial charge in [0.1, 0.15) is 12.6 Å². The second-order valence-electron chi connectivity index (χ2n) is 3.88. The van der Waals surface area contributed by atoms with Crippen LogP contribution in [0.1, 0.15) is 11.6 Å². The summed E-state index contributed by atoms with van der Waals surface area (Å²) in [7, 11) is 1.54. The summed E-state index contributed by atoms with van der Waals surface area (Å²) in [6.45, 7) is 0.568. The molecule has 0 aliphatic rings. The number of nitriles is 1. The van der Waals surface area contributed by atoms with Crippen molar-refractivity contribution in [3.05, 3.63) is 33.8 Å². The molecule has 1 rings (SSSR count). The Bertz CT molecular complexity index is 483. The summed E-state index contributed by atoms with van der Waals surface area (Å²) < 4.78 is 9.85. The molecule has 1 atom stereocenters.